The maximum Gasteiger partial charge on any atom is 0.330 e. The number of hydrogen-bond donors (Lipinski definition) is 0. The Kier molecular flexibility index (Phi) is 6.01. The lowest BCUT2D eigenvalue weighted by atomic mass is 10.2. The molecule has 1 aliphatic rings. The number of benzene rings is 1. The van der Waals surface area contributed by atoms with Crippen LogP contribution < -0.4 is 0 Å². The highest BCUT2D eigenvalue weighted by Crippen LogP contribution is 2.12. The maximum absolute atomic E-state index is 12.3. The molecule has 1 aliphatic heterocycles. The van der Waals surface area contributed by atoms with Crippen molar-refractivity contribution in [3.8, 4) is 11.4 Å². The van der Waals surface area contributed by atoms with Gasteiger partial charge in [0.25, 0.3) is 11.8 Å². The average Bonchev–Trinajstić information content (AvgIpc) is 3.50. The van der Waals surface area contributed by atoms with Crippen molar-refractivity contribution in [2.45, 2.75) is 6.54 Å². The lowest BCUT2D eigenvalue weighted by Crippen LogP contribution is -2.51. The van der Waals surface area contributed by atoms with E-state index in [0.29, 0.717) is 32.0 Å². The summed E-state index contributed by atoms with van der Waals surface area (Å²) in [7, 11) is 0. The number of amides is 2. The summed E-state index contributed by atoms with van der Waals surface area (Å²) >= 11 is 0. The number of nitrogens with zero attached hydrogens (tertiary/aromatic N) is 6. The summed E-state index contributed by atoms with van der Waals surface area (Å²) in [4.78, 5) is 40.9. The number of aromatic nitrogens is 4. The third-order valence-corrected chi connectivity index (χ3v) is 4.76. The number of rotatable bonds is 6. The standard InChI is InChI=1S/C20H20N6O5/c27-17(24-8-10-25(11-9-24)20(29)16-7-4-12-30-16)14-31-18(28)13-26-22-19(21-23-26)15-5-2-1-3-6-15/h1-7,12H,8-11,13-14H2. The summed E-state index contributed by atoms with van der Waals surface area (Å²) in [6.07, 6.45) is 1.44. The Balaban J connectivity index is 1.21. The predicted molar refractivity (Wildman–Crippen MR) is 105 cm³/mol. The maximum atomic E-state index is 12.3. The highest BCUT2D eigenvalue weighted by atomic mass is 16.5. The summed E-state index contributed by atoms with van der Waals surface area (Å²) in [5, 5.41) is 11.9. The Morgan fingerprint density at radius 3 is 2.42 bits per heavy atom. The first-order valence-corrected chi connectivity index (χ1v) is 9.69. The number of hydrogen-bond acceptors (Lipinski definition) is 8. The summed E-state index contributed by atoms with van der Waals surface area (Å²) in [6.45, 7) is 0.834. The second-order valence-corrected chi connectivity index (χ2v) is 6.82. The van der Waals surface area contributed by atoms with E-state index in [2.05, 4.69) is 15.4 Å². The molecule has 2 amide bonds. The Labute approximate surface area is 177 Å². The third-order valence-electron chi connectivity index (χ3n) is 4.76. The van der Waals surface area contributed by atoms with Gasteiger partial charge in [-0.1, -0.05) is 30.3 Å². The quantitative estimate of drug-likeness (QED) is 0.523. The van der Waals surface area contributed by atoms with Crippen LogP contribution in [0.4, 0.5) is 0 Å². The number of furan rings is 1. The summed E-state index contributed by atoms with van der Waals surface area (Å²) in [5.74, 6) is -0.511. The minimum absolute atomic E-state index is 0.210. The molecule has 31 heavy (non-hydrogen) atoms. The van der Waals surface area contributed by atoms with Gasteiger partial charge in [0.15, 0.2) is 18.9 Å². The molecule has 1 fully saturated rings. The van der Waals surface area contributed by atoms with E-state index in [1.807, 2.05) is 30.3 Å². The van der Waals surface area contributed by atoms with Crippen LogP contribution in [0.15, 0.2) is 53.1 Å². The van der Waals surface area contributed by atoms with E-state index < -0.39 is 5.97 Å². The molecule has 3 heterocycles. The molecule has 0 saturated carbocycles. The SMILES string of the molecule is O=C(Cn1nnc(-c2ccccc2)n1)OCC(=O)N1CCN(C(=O)c2ccco2)CC1. The zero-order valence-corrected chi connectivity index (χ0v) is 16.6. The van der Waals surface area contributed by atoms with Crippen molar-refractivity contribution < 1.29 is 23.5 Å². The molecule has 0 N–H and O–H groups in total. The Morgan fingerprint density at radius 2 is 1.71 bits per heavy atom. The van der Waals surface area contributed by atoms with Crippen molar-refractivity contribution in [1.29, 1.82) is 0 Å². The van der Waals surface area contributed by atoms with Crippen LogP contribution in [0.25, 0.3) is 11.4 Å². The predicted octanol–water partition coefficient (Wildman–Crippen LogP) is 0.461. The summed E-state index contributed by atoms with van der Waals surface area (Å²) in [5.41, 5.74) is 0.780. The van der Waals surface area contributed by atoms with Crippen molar-refractivity contribution in [2.75, 3.05) is 32.8 Å². The van der Waals surface area contributed by atoms with Crippen molar-refractivity contribution in [1.82, 2.24) is 30.0 Å². The first-order valence-electron chi connectivity index (χ1n) is 9.69. The van der Waals surface area contributed by atoms with Crippen LogP contribution in [0.1, 0.15) is 10.6 Å². The lowest BCUT2D eigenvalue weighted by Gasteiger charge is -2.34. The fourth-order valence-electron chi connectivity index (χ4n) is 3.12. The Morgan fingerprint density at radius 1 is 0.968 bits per heavy atom. The van der Waals surface area contributed by atoms with E-state index in [0.717, 1.165) is 10.4 Å². The van der Waals surface area contributed by atoms with Crippen LogP contribution in [-0.4, -0.2) is 80.6 Å². The summed E-state index contributed by atoms with van der Waals surface area (Å²) in [6, 6.07) is 12.5. The monoisotopic (exact) mass is 424 g/mol. The minimum Gasteiger partial charge on any atom is -0.459 e. The van der Waals surface area contributed by atoms with Crippen molar-refractivity contribution >= 4 is 17.8 Å². The van der Waals surface area contributed by atoms with E-state index >= 15 is 0 Å². The number of piperazine rings is 1. The van der Waals surface area contributed by atoms with Crippen molar-refractivity contribution in [2.24, 2.45) is 0 Å². The second-order valence-electron chi connectivity index (χ2n) is 6.82. The molecule has 0 unspecified atom stereocenters. The topological polar surface area (TPSA) is 124 Å². The fraction of sp³-hybridized carbons (Fsp3) is 0.300. The molecule has 2 aromatic heterocycles. The van der Waals surface area contributed by atoms with Gasteiger partial charge in [-0.15, -0.1) is 10.2 Å². The zero-order chi connectivity index (χ0) is 21.6. The summed E-state index contributed by atoms with van der Waals surface area (Å²) < 4.78 is 10.2. The van der Waals surface area contributed by atoms with Crippen LogP contribution in [0.3, 0.4) is 0 Å². The number of esters is 1. The molecule has 0 atom stereocenters. The van der Waals surface area contributed by atoms with Gasteiger partial charge in [-0.05, 0) is 17.3 Å². The minimum atomic E-state index is -0.642. The molecule has 11 heteroatoms. The van der Waals surface area contributed by atoms with Gasteiger partial charge < -0.3 is 19.0 Å². The molecule has 0 bridgehead atoms. The van der Waals surface area contributed by atoms with Gasteiger partial charge in [0.05, 0.1) is 6.26 Å². The number of carbonyl (C=O) groups is 3. The van der Waals surface area contributed by atoms with Crippen LogP contribution in [0.2, 0.25) is 0 Å². The molecule has 11 nitrogen and oxygen atoms in total. The van der Waals surface area contributed by atoms with E-state index in [4.69, 9.17) is 9.15 Å². The van der Waals surface area contributed by atoms with Gasteiger partial charge in [0.1, 0.15) is 0 Å². The molecule has 3 aromatic rings. The second kappa shape index (κ2) is 9.20. The highest BCUT2D eigenvalue weighted by molar-refractivity contribution is 5.91. The number of carbonyl (C=O) groups excluding carboxylic acids is 3. The first kappa shape index (κ1) is 20.3. The number of ether oxygens (including phenoxy) is 1. The average molecular weight is 424 g/mol. The normalized spacial score (nSPS) is 13.8. The van der Waals surface area contributed by atoms with Crippen LogP contribution in [0, 0.1) is 0 Å². The van der Waals surface area contributed by atoms with Crippen LogP contribution >= 0.6 is 0 Å². The fourth-order valence-corrected chi connectivity index (χ4v) is 3.12. The molecular weight excluding hydrogens is 404 g/mol. The molecular formula is C20H20N6O5. The van der Waals surface area contributed by atoms with E-state index in [9.17, 15) is 14.4 Å². The van der Waals surface area contributed by atoms with Gasteiger partial charge in [0, 0.05) is 31.7 Å². The van der Waals surface area contributed by atoms with Gasteiger partial charge in [0.2, 0.25) is 5.82 Å². The molecule has 0 radical (unpaired) electrons. The van der Waals surface area contributed by atoms with E-state index in [1.165, 1.54) is 6.26 Å². The van der Waals surface area contributed by atoms with Gasteiger partial charge in [-0.25, -0.2) is 4.79 Å². The van der Waals surface area contributed by atoms with E-state index in [1.54, 1.807) is 21.9 Å². The third kappa shape index (κ3) is 4.94. The van der Waals surface area contributed by atoms with Gasteiger partial charge >= 0.3 is 5.97 Å². The van der Waals surface area contributed by atoms with Crippen LogP contribution in [-0.2, 0) is 20.9 Å². The number of tetrazole rings is 1. The first-order chi connectivity index (χ1) is 15.1. The van der Waals surface area contributed by atoms with Gasteiger partial charge in [-0.3, -0.25) is 9.59 Å². The molecule has 4 rings (SSSR count). The zero-order valence-electron chi connectivity index (χ0n) is 16.6. The van der Waals surface area contributed by atoms with Crippen molar-refractivity contribution in [3.05, 3.63) is 54.5 Å². The Hall–Kier alpha value is -4.02. The van der Waals surface area contributed by atoms with Gasteiger partial charge in [-0.2, -0.15) is 4.80 Å². The lowest BCUT2D eigenvalue weighted by molar-refractivity contribution is -0.153. The largest absolute Gasteiger partial charge is 0.459 e. The molecule has 160 valence electrons. The highest BCUT2D eigenvalue weighted by Gasteiger charge is 2.26. The smallest absolute Gasteiger partial charge is 0.330 e. The van der Waals surface area contributed by atoms with Crippen LogP contribution in [0.5, 0.6) is 0 Å². The van der Waals surface area contributed by atoms with Crippen molar-refractivity contribution in [3.63, 3.8) is 0 Å². The molecule has 0 spiro atoms. The molecule has 0 aliphatic carbocycles. The molecule has 1 saturated heterocycles. The van der Waals surface area contributed by atoms with E-state index in [-0.39, 0.29) is 30.7 Å². The molecule has 1 aromatic carbocycles. The Bertz CT molecular complexity index is 1040.